The SMILES string of the molecule is CCCc1nc2cc(N)ccc2n1-c1ccc(CC)cc1. The summed E-state index contributed by atoms with van der Waals surface area (Å²) in [7, 11) is 0. The molecule has 21 heavy (non-hydrogen) atoms. The molecule has 0 spiro atoms. The predicted octanol–water partition coefficient (Wildman–Crippen LogP) is 4.12. The summed E-state index contributed by atoms with van der Waals surface area (Å²) in [4.78, 5) is 4.77. The molecule has 0 radical (unpaired) electrons. The van der Waals surface area contributed by atoms with Crippen molar-refractivity contribution in [2.75, 3.05) is 5.73 Å². The van der Waals surface area contributed by atoms with Crippen molar-refractivity contribution in [1.82, 2.24) is 9.55 Å². The number of anilines is 1. The number of fused-ring (bicyclic) bond motifs is 1. The van der Waals surface area contributed by atoms with E-state index in [0.29, 0.717) is 0 Å². The van der Waals surface area contributed by atoms with E-state index in [4.69, 9.17) is 10.7 Å². The summed E-state index contributed by atoms with van der Waals surface area (Å²) in [5.41, 5.74) is 11.3. The van der Waals surface area contributed by atoms with Crippen molar-refractivity contribution in [1.29, 1.82) is 0 Å². The molecule has 3 nitrogen and oxygen atoms in total. The summed E-state index contributed by atoms with van der Waals surface area (Å²) in [6, 6.07) is 14.7. The minimum atomic E-state index is 0.761. The molecule has 0 atom stereocenters. The van der Waals surface area contributed by atoms with Crippen LogP contribution in [0.1, 0.15) is 31.7 Å². The van der Waals surface area contributed by atoms with Gasteiger partial charge in [0.1, 0.15) is 5.82 Å². The normalized spacial score (nSPS) is 11.1. The van der Waals surface area contributed by atoms with Gasteiger partial charge in [0, 0.05) is 17.8 Å². The third kappa shape index (κ3) is 2.51. The Labute approximate surface area is 125 Å². The van der Waals surface area contributed by atoms with Crippen molar-refractivity contribution in [3.63, 3.8) is 0 Å². The van der Waals surface area contributed by atoms with Crippen LogP contribution in [0.5, 0.6) is 0 Å². The molecule has 0 amide bonds. The van der Waals surface area contributed by atoms with Gasteiger partial charge < -0.3 is 5.73 Å². The lowest BCUT2D eigenvalue weighted by Gasteiger charge is -2.09. The minimum Gasteiger partial charge on any atom is -0.399 e. The fourth-order valence-corrected chi connectivity index (χ4v) is 2.71. The summed E-state index contributed by atoms with van der Waals surface area (Å²) in [6.45, 7) is 4.35. The van der Waals surface area contributed by atoms with Gasteiger partial charge in [-0.15, -0.1) is 0 Å². The number of nitrogens with zero attached hydrogens (tertiary/aromatic N) is 2. The third-order valence-electron chi connectivity index (χ3n) is 3.82. The Balaban J connectivity index is 2.20. The minimum absolute atomic E-state index is 0.761. The lowest BCUT2D eigenvalue weighted by molar-refractivity contribution is 0.818. The van der Waals surface area contributed by atoms with E-state index in [1.54, 1.807) is 0 Å². The van der Waals surface area contributed by atoms with Gasteiger partial charge >= 0.3 is 0 Å². The standard InChI is InChI=1S/C18H21N3/c1-3-5-18-20-16-12-14(19)8-11-17(16)21(18)15-9-6-13(4-2)7-10-15/h6-12H,3-5,19H2,1-2H3. The first-order chi connectivity index (χ1) is 10.2. The number of hydrogen-bond donors (Lipinski definition) is 1. The first-order valence-electron chi connectivity index (χ1n) is 7.59. The van der Waals surface area contributed by atoms with Gasteiger partial charge in [0.2, 0.25) is 0 Å². The molecule has 0 aliphatic carbocycles. The number of nitrogen functional groups attached to an aromatic ring is 1. The molecule has 0 fully saturated rings. The molecule has 0 bridgehead atoms. The number of nitrogens with two attached hydrogens (primary N) is 1. The lowest BCUT2D eigenvalue weighted by atomic mass is 10.1. The highest BCUT2D eigenvalue weighted by Crippen LogP contribution is 2.24. The molecule has 1 aromatic heterocycles. The summed E-state index contributed by atoms with van der Waals surface area (Å²) in [5, 5.41) is 0. The number of hydrogen-bond acceptors (Lipinski definition) is 2. The molecule has 108 valence electrons. The number of aryl methyl sites for hydroxylation is 2. The number of rotatable bonds is 4. The van der Waals surface area contributed by atoms with Gasteiger partial charge in [-0.25, -0.2) is 4.98 Å². The molecule has 1 heterocycles. The molecule has 0 unspecified atom stereocenters. The molecule has 0 aliphatic rings. The Hall–Kier alpha value is -2.29. The van der Waals surface area contributed by atoms with Crippen molar-refractivity contribution < 1.29 is 0 Å². The van der Waals surface area contributed by atoms with E-state index in [2.05, 4.69) is 48.7 Å². The Kier molecular flexibility index (Phi) is 3.65. The Morgan fingerprint density at radius 2 is 1.81 bits per heavy atom. The van der Waals surface area contributed by atoms with Gasteiger partial charge in [-0.2, -0.15) is 0 Å². The maximum absolute atomic E-state index is 5.88. The van der Waals surface area contributed by atoms with Crippen LogP contribution in [-0.2, 0) is 12.8 Å². The van der Waals surface area contributed by atoms with Gasteiger partial charge in [-0.3, -0.25) is 4.57 Å². The number of aromatic nitrogens is 2. The van der Waals surface area contributed by atoms with Crippen molar-refractivity contribution >= 4 is 16.7 Å². The maximum atomic E-state index is 5.88. The van der Waals surface area contributed by atoms with Crippen LogP contribution in [0, 0.1) is 0 Å². The van der Waals surface area contributed by atoms with E-state index in [1.807, 2.05) is 12.1 Å². The molecule has 3 heteroatoms. The van der Waals surface area contributed by atoms with Crippen LogP contribution >= 0.6 is 0 Å². The average Bonchev–Trinajstić information content (AvgIpc) is 2.85. The summed E-state index contributed by atoms with van der Waals surface area (Å²) < 4.78 is 2.25. The van der Waals surface area contributed by atoms with Gasteiger partial charge in [0.15, 0.2) is 0 Å². The molecule has 2 N–H and O–H groups in total. The van der Waals surface area contributed by atoms with Crippen LogP contribution in [0.2, 0.25) is 0 Å². The zero-order valence-corrected chi connectivity index (χ0v) is 12.6. The van der Waals surface area contributed by atoms with Crippen LogP contribution < -0.4 is 5.73 Å². The van der Waals surface area contributed by atoms with Gasteiger partial charge in [0.05, 0.1) is 11.0 Å². The molecule has 0 saturated carbocycles. The summed E-state index contributed by atoms with van der Waals surface area (Å²) >= 11 is 0. The molecule has 0 aliphatic heterocycles. The Morgan fingerprint density at radius 1 is 1.05 bits per heavy atom. The highest BCUT2D eigenvalue weighted by Gasteiger charge is 2.12. The molecule has 3 aromatic rings. The van der Waals surface area contributed by atoms with Crippen molar-refractivity contribution in [3.05, 3.63) is 53.9 Å². The highest BCUT2D eigenvalue weighted by atomic mass is 15.1. The topological polar surface area (TPSA) is 43.8 Å². The van der Waals surface area contributed by atoms with Gasteiger partial charge in [-0.05, 0) is 48.7 Å². The maximum Gasteiger partial charge on any atom is 0.114 e. The molecular formula is C18H21N3. The number of benzene rings is 2. The van der Waals surface area contributed by atoms with E-state index in [1.165, 1.54) is 11.3 Å². The second-order valence-corrected chi connectivity index (χ2v) is 5.38. The van der Waals surface area contributed by atoms with E-state index < -0.39 is 0 Å². The molecule has 2 aromatic carbocycles. The largest absolute Gasteiger partial charge is 0.399 e. The van der Waals surface area contributed by atoms with E-state index in [9.17, 15) is 0 Å². The van der Waals surface area contributed by atoms with Crippen molar-refractivity contribution in [2.45, 2.75) is 33.1 Å². The fourth-order valence-electron chi connectivity index (χ4n) is 2.71. The van der Waals surface area contributed by atoms with Crippen LogP contribution in [0.15, 0.2) is 42.5 Å². The van der Waals surface area contributed by atoms with E-state index in [0.717, 1.165) is 41.8 Å². The monoisotopic (exact) mass is 279 g/mol. The van der Waals surface area contributed by atoms with Crippen molar-refractivity contribution in [2.24, 2.45) is 0 Å². The molecule has 0 saturated heterocycles. The molecule has 3 rings (SSSR count). The van der Waals surface area contributed by atoms with Crippen LogP contribution in [0.4, 0.5) is 5.69 Å². The van der Waals surface area contributed by atoms with Gasteiger partial charge in [-0.1, -0.05) is 26.0 Å². The zero-order chi connectivity index (χ0) is 14.8. The van der Waals surface area contributed by atoms with Crippen LogP contribution in [-0.4, -0.2) is 9.55 Å². The van der Waals surface area contributed by atoms with Crippen molar-refractivity contribution in [3.8, 4) is 5.69 Å². The Bertz CT molecular complexity index is 754. The average molecular weight is 279 g/mol. The first kappa shape index (κ1) is 13.7. The Morgan fingerprint density at radius 3 is 2.48 bits per heavy atom. The summed E-state index contributed by atoms with van der Waals surface area (Å²) in [5.74, 6) is 1.10. The fraction of sp³-hybridized carbons (Fsp3) is 0.278. The second kappa shape index (κ2) is 5.60. The van der Waals surface area contributed by atoms with E-state index in [-0.39, 0.29) is 0 Å². The van der Waals surface area contributed by atoms with Crippen LogP contribution in [0.25, 0.3) is 16.7 Å². The number of imidazole rings is 1. The first-order valence-corrected chi connectivity index (χ1v) is 7.59. The molecular weight excluding hydrogens is 258 g/mol. The van der Waals surface area contributed by atoms with Gasteiger partial charge in [0.25, 0.3) is 0 Å². The highest BCUT2D eigenvalue weighted by molar-refractivity contribution is 5.81. The van der Waals surface area contributed by atoms with Crippen LogP contribution in [0.3, 0.4) is 0 Å². The summed E-state index contributed by atoms with van der Waals surface area (Å²) in [6.07, 6.45) is 3.10. The zero-order valence-electron chi connectivity index (χ0n) is 12.6. The predicted molar refractivity (Wildman–Crippen MR) is 88.9 cm³/mol. The van der Waals surface area contributed by atoms with E-state index >= 15 is 0 Å². The third-order valence-corrected chi connectivity index (χ3v) is 3.82. The lowest BCUT2D eigenvalue weighted by Crippen LogP contribution is -2.01. The quantitative estimate of drug-likeness (QED) is 0.730. The second-order valence-electron chi connectivity index (χ2n) is 5.38. The smallest absolute Gasteiger partial charge is 0.114 e.